The summed E-state index contributed by atoms with van der Waals surface area (Å²) in [5.74, 6) is 0. The van der Waals surface area contributed by atoms with Crippen molar-refractivity contribution in [2.24, 2.45) is 5.73 Å². The van der Waals surface area contributed by atoms with Crippen LogP contribution < -0.4 is 11.1 Å². The first-order valence-corrected chi connectivity index (χ1v) is 8.96. The van der Waals surface area contributed by atoms with Crippen LogP contribution in [0.4, 0.5) is 5.69 Å². The molecule has 5 heteroatoms. The normalized spacial score (nSPS) is 17.7. The Morgan fingerprint density at radius 1 is 1.40 bits per heavy atom. The van der Waals surface area contributed by atoms with Gasteiger partial charge in [-0.15, -0.1) is 0 Å². The smallest absolute Gasteiger partial charge is 0.106 e. The van der Waals surface area contributed by atoms with Gasteiger partial charge in [-0.25, -0.2) is 0 Å². The maximum atomic E-state index is 6.08. The van der Waals surface area contributed by atoms with E-state index in [-0.39, 0.29) is 0 Å². The number of thiocarbonyl (C=S) groups is 1. The van der Waals surface area contributed by atoms with Crippen LogP contribution in [0.2, 0.25) is 5.02 Å². The van der Waals surface area contributed by atoms with Crippen LogP contribution in [-0.4, -0.2) is 22.5 Å². The number of thioether (sulfide) groups is 1. The first-order valence-electron chi connectivity index (χ1n) is 6.95. The van der Waals surface area contributed by atoms with Crippen molar-refractivity contribution in [3.8, 4) is 0 Å². The average molecular weight is 329 g/mol. The zero-order valence-corrected chi connectivity index (χ0v) is 14.1. The van der Waals surface area contributed by atoms with Crippen molar-refractivity contribution >= 4 is 46.3 Å². The van der Waals surface area contributed by atoms with E-state index in [0.29, 0.717) is 14.8 Å². The summed E-state index contributed by atoms with van der Waals surface area (Å²) in [7, 11) is 0. The predicted molar refractivity (Wildman–Crippen MR) is 95.2 cm³/mol. The number of anilines is 1. The van der Waals surface area contributed by atoms with Crippen molar-refractivity contribution < 1.29 is 0 Å². The lowest BCUT2D eigenvalue weighted by molar-refractivity contribution is 0.411. The lowest BCUT2D eigenvalue weighted by Crippen LogP contribution is -2.36. The number of hydrogen-bond donors (Lipinski definition) is 2. The van der Waals surface area contributed by atoms with Crippen molar-refractivity contribution in [2.75, 3.05) is 18.1 Å². The fourth-order valence-corrected chi connectivity index (χ4v) is 4.05. The molecule has 0 aliphatic heterocycles. The fourth-order valence-electron chi connectivity index (χ4n) is 2.78. The molecule has 3 N–H and O–H groups in total. The van der Waals surface area contributed by atoms with E-state index in [9.17, 15) is 0 Å². The van der Waals surface area contributed by atoms with E-state index in [1.165, 1.54) is 32.1 Å². The topological polar surface area (TPSA) is 38.0 Å². The molecule has 0 spiro atoms. The summed E-state index contributed by atoms with van der Waals surface area (Å²) >= 11 is 13.2. The number of nitrogens with one attached hydrogen (secondary N) is 1. The molecule has 110 valence electrons. The van der Waals surface area contributed by atoms with Gasteiger partial charge in [0.25, 0.3) is 0 Å². The molecule has 0 radical (unpaired) electrons. The van der Waals surface area contributed by atoms with Crippen LogP contribution in [0, 0.1) is 0 Å². The molecule has 2 nitrogen and oxygen atoms in total. The Morgan fingerprint density at radius 2 is 2.10 bits per heavy atom. The van der Waals surface area contributed by atoms with Crippen LogP contribution >= 0.6 is 35.6 Å². The Hall–Kier alpha value is -0.450. The fraction of sp³-hybridized carbons (Fsp3) is 0.533. The number of halogens is 1. The summed E-state index contributed by atoms with van der Waals surface area (Å²) in [6, 6.07) is 5.62. The van der Waals surface area contributed by atoms with Crippen molar-refractivity contribution in [2.45, 2.75) is 36.9 Å². The molecule has 0 bridgehead atoms. The number of benzene rings is 1. The predicted octanol–water partition coefficient (Wildman–Crippen LogP) is 4.45. The summed E-state index contributed by atoms with van der Waals surface area (Å²) < 4.78 is 0.327. The van der Waals surface area contributed by atoms with Crippen LogP contribution in [-0.2, 0) is 0 Å². The molecule has 0 atom stereocenters. The molecule has 20 heavy (non-hydrogen) atoms. The lowest BCUT2D eigenvalue weighted by Gasteiger charge is -2.36. The van der Waals surface area contributed by atoms with Gasteiger partial charge in [0, 0.05) is 27.6 Å². The molecule has 1 aliphatic rings. The Bertz CT molecular complexity index is 485. The summed E-state index contributed by atoms with van der Waals surface area (Å²) in [5, 5.41) is 4.23. The SMILES string of the molecule is CSC1(CNc2cc(Cl)ccc2C(N)=S)CCCCC1. The van der Waals surface area contributed by atoms with E-state index < -0.39 is 0 Å². The van der Waals surface area contributed by atoms with Gasteiger partial charge < -0.3 is 11.1 Å². The third-order valence-corrected chi connectivity index (χ3v) is 5.92. The van der Waals surface area contributed by atoms with E-state index in [1.807, 2.05) is 30.0 Å². The molecule has 0 heterocycles. The van der Waals surface area contributed by atoms with Crippen molar-refractivity contribution in [3.63, 3.8) is 0 Å². The van der Waals surface area contributed by atoms with Gasteiger partial charge in [-0.1, -0.05) is 43.1 Å². The zero-order valence-electron chi connectivity index (χ0n) is 11.7. The minimum atomic E-state index is 0.327. The second kappa shape index (κ2) is 7.01. The van der Waals surface area contributed by atoms with Crippen LogP contribution in [0.25, 0.3) is 0 Å². The largest absolute Gasteiger partial charge is 0.389 e. The Kier molecular flexibility index (Phi) is 5.58. The average Bonchev–Trinajstić information content (AvgIpc) is 2.46. The molecule has 0 amide bonds. The molecular formula is C15H21ClN2S2. The van der Waals surface area contributed by atoms with E-state index >= 15 is 0 Å². The molecule has 0 saturated heterocycles. The Balaban J connectivity index is 2.13. The molecule has 0 aromatic heterocycles. The molecule has 1 aromatic rings. The summed E-state index contributed by atoms with van der Waals surface area (Å²) in [6.07, 6.45) is 8.74. The summed E-state index contributed by atoms with van der Waals surface area (Å²) in [5.41, 5.74) is 7.60. The maximum absolute atomic E-state index is 6.08. The summed E-state index contributed by atoms with van der Waals surface area (Å²) in [4.78, 5) is 0.408. The van der Waals surface area contributed by atoms with Gasteiger partial charge in [0.2, 0.25) is 0 Å². The minimum absolute atomic E-state index is 0.327. The van der Waals surface area contributed by atoms with E-state index in [4.69, 9.17) is 29.6 Å². The van der Waals surface area contributed by atoms with Crippen LogP contribution in [0.5, 0.6) is 0 Å². The number of rotatable bonds is 5. The molecule has 2 rings (SSSR count). The summed E-state index contributed by atoms with van der Waals surface area (Å²) in [6.45, 7) is 0.935. The van der Waals surface area contributed by atoms with Crippen LogP contribution in [0.1, 0.15) is 37.7 Å². The molecule has 1 aromatic carbocycles. The molecule has 1 saturated carbocycles. The lowest BCUT2D eigenvalue weighted by atomic mass is 9.88. The highest BCUT2D eigenvalue weighted by Crippen LogP contribution is 2.39. The van der Waals surface area contributed by atoms with Gasteiger partial charge in [-0.3, -0.25) is 0 Å². The second-order valence-electron chi connectivity index (χ2n) is 5.36. The highest BCUT2D eigenvalue weighted by atomic mass is 35.5. The highest BCUT2D eigenvalue weighted by molar-refractivity contribution is 8.00. The first kappa shape index (κ1) is 15.9. The number of hydrogen-bond acceptors (Lipinski definition) is 3. The molecule has 0 unspecified atom stereocenters. The number of nitrogens with two attached hydrogens (primary N) is 1. The Labute approximate surface area is 135 Å². The van der Waals surface area contributed by atoms with Gasteiger partial charge >= 0.3 is 0 Å². The second-order valence-corrected chi connectivity index (χ2v) is 7.51. The van der Waals surface area contributed by atoms with Gasteiger partial charge in [0.05, 0.1) is 0 Å². The monoisotopic (exact) mass is 328 g/mol. The van der Waals surface area contributed by atoms with Gasteiger partial charge in [0.1, 0.15) is 4.99 Å². The third-order valence-electron chi connectivity index (χ3n) is 4.05. The molecular weight excluding hydrogens is 308 g/mol. The van der Waals surface area contributed by atoms with Crippen LogP contribution in [0.3, 0.4) is 0 Å². The molecule has 1 fully saturated rings. The minimum Gasteiger partial charge on any atom is -0.389 e. The highest BCUT2D eigenvalue weighted by Gasteiger charge is 2.31. The zero-order chi connectivity index (χ0) is 14.6. The first-order chi connectivity index (χ1) is 9.56. The third kappa shape index (κ3) is 3.80. The maximum Gasteiger partial charge on any atom is 0.106 e. The Morgan fingerprint density at radius 3 is 2.70 bits per heavy atom. The van der Waals surface area contributed by atoms with Gasteiger partial charge in [-0.05, 0) is 37.3 Å². The van der Waals surface area contributed by atoms with Crippen LogP contribution in [0.15, 0.2) is 18.2 Å². The standard InChI is InChI=1S/C15H21ClN2S2/c1-20-15(7-3-2-4-8-15)10-18-13-9-11(16)5-6-12(13)14(17)19/h5-6,9,18H,2-4,7-8,10H2,1H3,(H2,17,19). The van der Waals surface area contributed by atoms with E-state index in [1.54, 1.807) is 0 Å². The van der Waals surface area contributed by atoms with Crippen molar-refractivity contribution in [1.82, 2.24) is 0 Å². The van der Waals surface area contributed by atoms with E-state index in [0.717, 1.165) is 17.8 Å². The van der Waals surface area contributed by atoms with Gasteiger partial charge in [0.15, 0.2) is 0 Å². The quantitative estimate of drug-likeness (QED) is 0.783. The van der Waals surface area contributed by atoms with Crippen molar-refractivity contribution in [3.05, 3.63) is 28.8 Å². The van der Waals surface area contributed by atoms with E-state index in [2.05, 4.69) is 11.6 Å². The molecule has 1 aliphatic carbocycles. The van der Waals surface area contributed by atoms with Crippen molar-refractivity contribution in [1.29, 1.82) is 0 Å². The van der Waals surface area contributed by atoms with Gasteiger partial charge in [-0.2, -0.15) is 11.8 Å².